The minimum absolute atomic E-state index is 0.161. The first-order chi connectivity index (χ1) is 14.6. The summed E-state index contributed by atoms with van der Waals surface area (Å²) in [6.07, 6.45) is 8.67. The lowest BCUT2D eigenvalue weighted by molar-refractivity contribution is -0.0518. The standard InChI is InChI=1S/C20H23F2N7O/c21-19(22)30-18-17-13(7-8-24-18)3-6-16(29-17)28-15-4-1-12(2-5-15)9-25-20-26-10-14(23)11-27-20/h3,6-8,10-12,15,19H,1-2,4-5,9,23H2,(H,28,29)(H,25,26,27). The summed E-state index contributed by atoms with van der Waals surface area (Å²) < 4.78 is 29.7. The number of rotatable bonds is 7. The van der Waals surface area contributed by atoms with Gasteiger partial charge in [-0.05, 0) is 49.8 Å². The first-order valence-corrected chi connectivity index (χ1v) is 9.85. The van der Waals surface area contributed by atoms with E-state index < -0.39 is 6.61 Å². The molecular formula is C20H23F2N7O. The lowest BCUT2D eigenvalue weighted by Gasteiger charge is -2.29. The van der Waals surface area contributed by atoms with Gasteiger partial charge >= 0.3 is 6.61 Å². The Morgan fingerprint density at radius 3 is 2.57 bits per heavy atom. The molecule has 3 aromatic heterocycles. The molecule has 0 bridgehead atoms. The van der Waals surface area contributed by atoms with Crippen LogP contribution in [0.1, 0.15) is 25.7 Å². The van der Waals surface area contributed by atoms with Gasteiger partial charge in [0, 0.05) is 24.2 Å². The van der Waals surface area contributed by atoms with Crippen LogP contribution in [0.2, 0.25) is 0 Å². The molecule has 1 saturated carbocycles. The fraction of sp³-hybridized carbons (Fsp3) is 0.400. The van der Waals surface area contributed by atoms with Crippen LogP contribution in [0, 0.1) is 5.92 Å². The van der Waals surface area contributed by atoms with Crippen LogP contribution in [-0.4, -0.2) is 39.1 Å². The number of nitrogens with two attached hydrogens (primary N) is 1. The molecule has 0 unspecified atom stereocenters. The SMILES string of the molecule is Nc1cnc(NCC2CCC(Nc3ccc4ccnc(OC(F)F)c4n3)CC2)nc1. The van der Waals surface area contributed by atoms with Gasteiger partial charge in [-0.3, -0.25) is 0 Å². The quantitative estimate of drug-likeness (QED) is 0.536. The van der Waals surface area contributed by atoms with Crippen LogP contribution in [0.5, 0.6) is 5.88 Å². The molecule has 3 aromatic rings. The number of hydrogen-bond donors (Lipinski definition) is 3. The summed E-state index contributed by atoms with van der Waals surface area (Å²) in [5, 5.41) is 7.37. The zero-order valence-electron chi connectivity index (χ0n) is 16.3. The van der Waals surface area contributed by atoms with Crippen molar-refractivity contribution in [1.29, 1.82) is 0 Å². The van der Waals surface area contributed by atoms with E-state index in [2.05, 4.69) is 35.3 Å². The molecule has 0 aliphatic heterocycles. The number of nitrogens with zero attached hydrogens (tertiary/aromatic N) is 4. The van der Waals surface area contributed by atoms with Gasteiger partial charge in [0.2, 0.25) is 11.8 Å². The summed E-state index contributed by atoms with van der Waals surface area (Å²) in [7, 11) is 0. The molecule has 1 aliphatic rings. The second kappa shape index (κ2) is 9.02. The Bertz CT molecular complexity index is 979. The van der Waals surface area contributed by atoms with Crippen LogP contribution in [0.25, 0.3) is 10.9 Å². The maximum Gasteiger partial charge on any atom is 0.388 e. The number of fused-ring (bicyclic) bond motifs is 1. The molecule has 1 aliphatic carbocycles. The number of pyridine rings is 2. The molecule has 4 rings (SSSR count). The highest BCUT2D eigenvalue weighted by Gasteiger charge is 2.22. The normalized spacial score (nSPS) is 19.0. The molecule has 0 radical (unpaired) electrons. The average Bonchev–Trinajstić information content (AvgIpc) is 2.74. The number of hydrogen-bond acceptors (Lipinski definition) is 8. The van der Waals surface area contributed by atoms with Gasteiger partial charge in [0.15, 0.2) is 0 Å². The third-order valence-corrected chi connectivity index (χ3v) is 5.20. The van der Waals surface area contributed by atoms with Gasteiger partial charge in [-0.2, -0.15) is 8.78 Å². The fourth-order valence-corrected chi connectivity index (χ4v) is 3.66. The third-order valence-electron chi connectivity index (χ3n) is 5.20. The van der Waals surface area contributed by atoms with Crippen LogP contribution in [0.15, 0.2) is 36.8 Å². The number of aromatic nitrogens is 4. The topological polar surface area (TPSA) is 111 Å². The van der Waals surface area contributed by atoms with E-state index in [0.29, 0.717) is 34.3 Å². The minimum Gasteiger partial charge on any atom is -0.415 e. The molecule has 3 heterocycles. The number of nitrogen functional groups attached to an aromatic ring is 1. The van der Waals surface area contributed by atoms with Crippen LogP contribution in [-0.2, 0) is 0 Å². The number of anilines is 3. The van der Waals surface area contributed by atoms with E-state index in [1.807, 2.05) is 12.1 Å². The number of halogens is 2. The molecule has 8 nitrogen and oxygen atoms in total. The van der Waals surface area contributed by atoms with Gasteiger partial charge in [0.05, 0.1) is 18.1 Å². The molecule has 0 amide bonds. The van der Waals surface area contributed by atoms with Crippen LogP contribution < -0.4 is 21.1 Å². The maximum absolute atomic E-state index is 12.6. The Kier molecular flexibility index (Phi) is 6.01. The van der Waals surface area contributed by atoms with E-state index in [4.69, 9.17) is 5.73 Å². The van der Waals surface area contributed by atoms with Gasteiger partial charge in [-0.15, -0.1) is 0 Å². The van der Waals surface area contributed by atoms with Gasteiger partial charge in [0.1, 0.15) is 11.3 Å². The monoisotopic (exact) mass is 415 g/mol. The smallest absolute Gasteiger partial charge is 0.388 e. The lowest BCUT2D eigenvalue weighted by Crippen LogP contribution is -2.29. The fourth-order valence-electron chi connectivity index (χ4n) is 3.66. The highest BCUT2D eigenvalue weighted by Crippen LogP contribution is 2.28. The molecule has 0 atom stereocenters. The Balaban J connectivity index is 1.32. The van der Waals surface area contributed by atoms with Gasteiger partial charge < -0.3 is 21.1 Å². The van der Waals surface area contributed by atoms with Gasteiger partial charge in [0.25, 0.3) is 0 Å². The number of ether oxygens (including phenoxy) is 1. The summed E-state index contributed by atoms with van der Waals surface area (Å²) in [5.74, 6) is 1.58. The predicted octanol–water partition coefficient (Wildman–Crippen LogP) is 3.69. The highest BCUT2D eigenvalue weighted by atomic mass is 19.3. The van der Waals surface area contributed by atoms with E-state index in [0.717, 1.165) is 32.2 Å². The molecule has 0 aromatic carbocycles. The molecule has 158 valence electrons. The van der Waals surface area contributed by atoms with E-state index >= 15 is 0 Å². The summed E-state index contributed by atoms with van der Waals surface area (Å²) in [6, 6.07) is 5.66. The van der Waals surface area contributed by atoms with Crippen molar-refractivity contribution in [3.05, 3.63) is 36.8 Å². The van der Waals surface area contributed by atoms with E-state index in [1.165, 1.54) is 6.20 Å². The van der Waals surface area contributed by atoms with Crippen LogP contribution in [0.4, 0.5) is 26.2 Å². The first kappa shape index (κ1) is 20.0. The number of nitrogens with one attached hydrogen (secondary N) is 2. The van der Waals surface area contributed by atoms with Crippen molar-refractivity contribution in [2.75, 3.05) is 22.9 Å². The van der Waals surface area contributed by atoms with Crippen LogP contribution >= 0.6 is 0 Å². The van der Waals surface area contributed by atoms with E-state index in [-0.39, 0.29) is 11.9 Å². The third kappa shape index (κ3) is 5.00. The molecule has 1 fully saturated rings. The Hall–Kier alpha value is -3.30. The molecule has 4 N–H and O–H groups in total. The second-order valence-electron chi connectivity index (χ2n) is 7.35. The molecular weight excluding hydrogens is 392 g/mol. The molecule has 0 spiro atoms. The molecule has 0 saturated heterocycles. The van der Waals surface area contributed by atoms with Crippen molar-refractivity contribution < 1.29 is 13.5 Å². The second-order valence-corrected chi connectivity index (χ2v) is 7.35. The van der Waals surface area contributed by atoms with E-state index in [1.54, 1.807) is 18.5 Å². The minimum atomic E-state index is -2.94. The average molecular weight is 415 g/mol. The van der Waals surface area contributed by atoms with Crippen molar-refractivity contribution in [2.24, 2.45) is 5.92 Å². The van der Waals surface area contributed by atoms with Crippen molar-refractivity contribution in [2.45, 2.75) is 38.3 Å². The summed E-state index contributed by atoms with van der Waals surface area (Å²) in [6.45, 7) is -2.13. The number of alkyl halides is 2. The molecule has 30 heavy (non-hydrogen) atoms. The summed E-state index contributed by atoms with van der Waals surface area (Å²) >= 11 is 0. The summed E-state index contributed by atoms with van der Waals surface area (Å²) in [5.41, 5.74) is 6.46. The van der Waals surface area contributed by atoms with Crippen LogP contribution in [0.3, 0.4) is 0 Å². The van der Waals surface area contributed by atoms with Crippen molar-refractivity contribution in [3.63, 3.8) is 0 Å². The summed E-state index contributed by atoms with van der Waals surface area (Å²) in [4.78, 5) is 16.6. The van der Waals surface area contributed by atoms with Crippen molar-refractivity contribution >= 4 is 28.4 Å². The van der Waals surface area contributed by atoms with Gasteiger partial charge in [-0.1, -0.05) is 0 Å². The van der Waals surface area contributed by atoms with Crippen molar-refractivity contribution in [3.8, 4) is 5.88 Å². The predicted molar refractivity (Wildman–Crippen MR) is 110 cm³/mol. The Labute approximate surface area is 172 Å². The molecule has 10 heteroatoms. The zero-order chi connectivity index (χ0) is 20.9. The lowest BCUT2D eigenvalue weighted by atomic mass is 9.86. The highest BCUT2D eigenvalue weighted by molar-refractivity contribution is 5.84. The largest absolute Gasteiger partial charge is 0.415 e. The van der Waals surface area contributed by atoms with Crippen molar-refractivity contribution in [1.82, 2.24) is 19.9 Å². The van der Waals surface area contributed by atoms with Gasteiger partial charge in [-0.25, -0.2) is 19.9 Å². The first-order valence-electron chi connectivity index (χ1n) is 9.85. The Morgan fingerprint density at radius 2 is 1.83 bits per heavy atom. The Morgan fingerprint density at radius 1 is 1.07 bits per heavy atom. The zero-order valence-corrected chi connectivity index (χ0v) is 16.3. The maximum atomic E-state index is 12.6. The van der Waals surface area contributed by atoms with E-state index in [9.17, 15) is 8.78 Å².